The van der Waals surface area contributed by atoms with Crippen LogP contribution in [0.5, 0.6) is 0 Å². The van der Waals surface area contributed by atoms with Crippen molar-refractivity contribution in [3.8, 4) is 22.8 Å². The lowest BCUT2D eigenvalue weighted by Crippen LogP contribution is -2.30. The Morgan fingerprint density at radius 2 is 1.92 bits per heavy atom. The fourth-order valence-electron chi connectivity index (χ4n) is 4.73. The van der Waals surface area contributed by atoms with Crippen molar-refractivity contribution in [1.82, 2.24) is 40.0 Å². The Balaban J connectivity index is 1.35. The fraction of sp³-hybridized carbons (Fsp3) is 0.308. The molecule has 6 heterocycles. The number of piperidine rings is 1. The number of aromatic nitrogens is 7. The standard InChI is InChI=1S/C26H28N10O/c1-35(2)15-21(37)29-17-12-16(13-27-14-17)18-6-7-20-22(30-18)24(34-33-20)25-31-19-8-9-28-26(23(19)32-25)36-10-4-3-5-11-36/h6-9,12-14H,3-5,10-11,15H2,1-2H3,(H,29,37)(H,31,32)(H,33,34). The molecule has 11 nitrogen and oxygen atoms in total. The molecule has 0 spiro atoms. The van der Waals surface area contributed by atoms with Crippen molar-refractivity contribution < 1.29 is 4.79 Å². The number of pyridine rings is 3. The Morgan fingerprint density at radius 1 is 1.05 bits per heavy atom. The topological polar surface area (TPSA) is 132 Å². The van der Waals surface area contributed by atoms with Gasteiger partial charge in [0, 0.05) is 31.0 Å². The van der Waals surface area contributed by atoms with E-state index < -0.39 is 0 Å². The number of nitrogens with one attached hydrogen (secondary N) is 3. The molecule has 3 N–H and O–H groups in total. The number of fused-ring (bicyclic) bond motifs is 2. The first-order valence-corrected chi connectivity index (χ1v) is 12.4. The molecule has 1 amide bonds. The largest absolute Gasteiger partial charge is 0.355 e. The normalized spacial score (nSPS) is 14.1. The van der Waals surface area contributed by atoms with E-state index in [-0.39, 0.29) is 5.91 Å². The summed E-state index contributed by atoms with van der Waals surface area (Å²) in [7, 11) is 3.70. The molecule has 1 saturated heterocycles. The van der Waals surface area contributed by atoms with Crippen LogP contribution in [0.15, 0.2) is 42.9 Å². The molecule has 0 unspecified atom stereocenters. The molecule has 11 heteroatoms. The molecule has 0 saturated carbocycles. The Morgan fingerprint density at radius 3 is 2.76 bits per heavy atom. The van der Waals surface area contributed by atoms with Crippen LogP contribution in [0, 0.1) is 0 Å². The minimum absolute atomic E-state index is 0.104. The van der Waals surface area contributed by atoms with Gasteiger partial charge >= 0.3 is 0 Å². The first-order chi connectivity index (χ1) is 18.0. The number of hydrogen-bond donors (Lipinski definition) is 3. The lowest BCUT2D eigenvalue weighted by molar-refractivity contribution is -0.116. The number of amides is 1. The van der Waals surface area contributed by atoms with Gasteiger partial charge in [0.1, 0.15) is 11.0 Å². The van der Waals surface area contributed by atoms with Crippen molar-refractivity contribution in [3.05, 3.63) is 42.9 Å². The molecule has 188 valence electrons. The van der Waals surface area contributed by atoms with Crippen LogP contribution in [0.25, 0.3) is 44.8 Å². The van der Waals surface area contributed by atoms with Gasteiger partial charge in [-0.2, -0.15) is 5.10 Å². The summed E-state index contributed by atoms with van der Waals surface area (Å²) in [5.74, 6) is 1.44. The van der Waals surface area contributed by atoms with Gasteiger partial charge in [0.2, 0.25) is 5.91 Å². The number of imidazole rings is 1. The number of hydrogen-bond acceptors (Lipinski definition) is 8. The summed E-state index contributed by atoms with van der Waals surface area (Å²) in [4.78, 5) is 38.5. The van der Waals surface area contributed by atoms with Crippen molar-refractivity contribution in [2.45, 2.75) is 19.3 Å². The number of anilines is 2. The van der Waals surface area contributed by atoms with Gasteiger partial charge in [-0.1, -0.05) is 0 Å². The first-order valence-electron chi connectivity index (χ1n) is 12.4. The van der Waals surface area contributed by atoms with E-state index in [1.807, 2.05) is 49.5 Å². The summed E-state index contributed by atoms with van der Waals surface area (Å²) in [6.45, 7) is 2.28. The Kier molecular flexibility index (Phi) is 5.97. The number of carbonyl (C=O) groups is 1. The third kappa shape index (κ3) is 4.60. The van der Waals surface area contributed by atoms with Crippen molar-refractivity contribution >= 4 is 39.5 Å². The summed E-state index contributed by atoms with van der Waals surface area (Å²) in [5, 5.41) is 10.5. The van der Waals surface area contributed by atoms with E-state index in [4.69, 9.17) is 9.97 Å². The van der Waals surface area contributed by atoms with Crippen LogP contribution in [-0.2, 0) is 4.79 Å². The van der Waals surface area contributed by atoms with Crippen LogP contribution in [-0.4, -0.2) is 79.7 Å². The third-order valence-corrected chi connectivity index (χ3v) is 6.45. The molecule has 1 aliphatic rings. The third-order valence-electron chi connectivity index (χ3n) is 6.45. The molecule has 0 bridgehead atoms. The smallest absolute Gasteiger partial charge is 0.238 e. The van der Waals surface area contributed by atoms with Gasteiger partial charge in [0.15, 0.2) is 17.3 Å². The Labute approximate surface area is 213 Å². The van der Waals surface area contributed by atoms with Crippen LogP contribution in [0.4, 0.5) is 11.5 Å². The molecule has 5 aromatic heterocycles. The second-order valence-electron chi connectivity index (χ2n) is 9.58. The highest BCUT2D eigenvalue weighted by molar-refractivity contribution is 5.95. The number of carbonyl (C=O) groups excluding carboxylic acids is 1. The molecule has 0 radical (unpaired) electrons. The van der Waals surface area contributed by atoms with E-state index in [1.165, 1.54) is 19.3 Å². The predicted octanol–water partition coefficient (Wildman–Crippen LogP) is 3.45. The highest BCUT2D eigenvalue weighted by atomic mass is 16.2. The van der Waals surface area contributed by atoms with Gasteiger partial charge in [-0.05, 0) is 57.6 Å². The summed E-state index contributed by atoms with van der Waals surface area (Å²) in [5.41, 5.74) is 6.04. The van der Waals surface area contributed by atoms with Gasteiger partial charge in [0.25, 0.3) is 0 Å². The van der Waals surface area contributed by atoms with Crippen LogP contribution in [0.1, 0.15) is 19.3 Å². The summed E-state index contributed by atoms with van der Waals surface area (Å²) in [6, 6.07) is 7.65. The highest BCUT2D eigenvalue weighted by Crippen LogP contribution is 2.31. The van der Waals surface area contributed by atoms with E-state index in [0.29, 0.717) is 29.3 Å². The first kappa shape index (κ1) is 23.0. The maximum Gasteiger partial charge on any atom is 0.238 e. The average Bonchev–Trinajstić information content (AvgIpc) is 3.52. The number of nitrogens with zero attached hydrogens (tertiary/aromatic N) is 7. The lowest BCUT2D eigenvalue weighted by atomic mass is 10.1. The van der Waals surface area contributed by atoms with Gasteiger partial charge in [-0.3, -0.25) is 14.9 Å². The van der Waals surface area contributed by atoms with Gasteiger partial charge in [-0.25, -0.2) is 15.0 Å². The lowest BCUT2D eigenvalue weighted by Gasteiger charge is -2.27. The van der Waals surface area contributed by atoms with E-state index in [1.54, 1.807) is 12.4 Å². The molecule has 0 aliphatic carbocycles. The number of likely N-dealkylation sites (N-methyl/N-ethyl adjacent to an activating group) is 1. The Bertz CT molecular complexity index is 1580. The second kappa shape index (κ2) is 9.58. The molecular formula is C26H28N10O. The van der Waals surface area contributed by atoms with E-state index in [0.717, 1.165) is 46.7 Å². The molecule has 0 atom stereocenters. The zero-order valence-corrected chi connectivity index (χ0v) is 20.8. The van der Waals surface area contributed by atoms with Crippen molar-refractivity contribution in [3.63, 3.8) is 0 Å². The zero-order valence-electron chi connectivity index (χ0n) is 20.8. The SMILES string of the molecule is CN(C)CC(=O)Nc1cncc(-c2ccc3[nH]nc(-c4nc5c(N6CCCCC6)nccc5[nH]4)c3n2)c1. The average molecular weight is 497 g/mol. The number of H-pyrrole nitrogens is 2. The van der Waals surface area contributed by atoms with Crippen molar-refractivity contribution in [2.24, 2.45) is 0 Å². The minimum atomic E-state index is -0.104. The van der Waals surface area contributed by atoms with Crippen LogP contribution >= 0.6 is 0 Å². The van der Waals surface area contributed by atoms with Crippen molar-refractivity contribution in [1.29, 1.82) is 0 Å². The quantitative estimate of drug-likeness (QED) is 0.326. The van der Waals surface area contributed by atoms with E-state index in [2.05, 4.69) is 35.4 Å². The molecule has 1 fully saturated rings. The van der Waals surface area contributed by atoms with E-state index >= 15 is 0 Å². The molecular weight excluding hydrogens is 468 g/mol. The maximum atomic E-state index is 12.2. The molecule has 37 heavy (non-hydrogen) atoms. The van der Waals surface area contributed by atoms with Crippen LogP contribution in [0.2, 0.25) is 0 Å². The fourth-order valence-corrected chi connectivity index (χ4v) is 4.73. The summed E-state index contributed by atoms with van der Waals surface area (Å²) in [6.07, 6.45) is 8.77. The molecule has 0 aromatic carbocycles. The van der Waals surface area contributed by atoms with Gasteiger partial charge in [0.05, 0.1) is 35.2 Å². The number of rotatable bonds is 6. The molecule has 1 aliphatic heterocycles. The summed E-state index contributed by atoms with van der Waals surface area (Å²) >= 11 is 0. The minimum Gasteiger partial charge on any atom is -0.355 e. The monoisotopic (exact) mass is 496 g/mol. The van der Waals surface area contributed by atoms with E-state index in [9.17, 15) is 4.79 Å². The highest BCUT2D eigenvalue weighted by Gasteiger charge is 2.20. The maximum absolute atomic E-state index is 12.2. The molecule has 6 rings (SSSR count). The zero-order chi connectivity index (χ0) is 25.4. The molecule has 5 aromatic rings. The Hall–Kier alpha value is -4.38. The van der Waals surface area contributed by atoms with Gasteiger partial charge in [-0.15, -0.1) is 0 Å². The second-order valence-corrected chi connectivity index (χ2v) is 9.58. The van der Waals surface area contributed by atoms with Crippen LogP contribution < -0.4 is 10.2 Å². The predicted molar refractivity (Wildman–Crippen MR) is 143 cm³/mol. The number of aromatic amines is 2. The van der Waals surface area contributed by atoms with Gasteiger partial charge < -0.3 is 20.1 Å². The van der Waals surface area contributed by atoms with Crippen LogP contribution in [0.3, 0.4) is 0 Å². The van der Waals surface area contributed by atoms with Crippen molar-refractivity contribution in [2.75, 3.05) is 43.9 Å². The summed E-state index contributed by atoms with van der Waals surface area (Å²) < 4.78 is 0.